The molecule has 0 aromatic carbocycles. The number of methoxy groups -OCH3 is 1. The van der Waals surface area contributed by atoms with E-state index in [2.05, 4.69) is 10.2 Å². The van der Waals surface area contributed by atoms with Crippen LogP contribution >= 0.6 is 0 Å². The van der Waals surface area contributed by atoms with E-state index in [9.17, 15) is 4.79 Å². The van der Waals surface area contributed by atoms with Crippen LogP contribution in [0.15, 0.2) is 0 Å². The summed E-state index contributed by atoms with van der Waals surface area (Å²) in [4.78, 5) is 16.2. The predicted octanol–water partition coefficient (Wildman–Crippen LogP) is 0.231. The highest BCUT2D eigenvalue weighted by atomic mass is 16.7. The Morgan fingerprint density at radius 2 is 2.45 bits per heavy atom. The van der Waals surface area contributed by atoms with E-state index in [1.165, 1.54) is 7.11 Å². The third kappa shape index (κ3) is 1.52. The fourth-order valence-electron chi connectivity index (χ4n) is 1.24. The summed E-state index contributed by atoms with van der Waals surface area (Å²) in [5.74, 6) is -0.325. The van der Waals surface area contributed by atoms with Crippen molar-refractivity contribution in [3.05, 3.63) is 0 Å². The summed E-state index contributed by atoms with van der Waals surface area (Å²) >= 11 is 0. The zero-order valence-electron chi connectivity index (χ0n) is 7.01. The fourth-order valence-corrected chi connectivity index (χ4v) is 1.24. The van der Waals surface area contributed by atoms with Crippen LogP contribution in [0.2, 0.25) is 0 Å². The second kappa shape index (κ2) is 2.79. The third-order valence-corrected chi connectivity index (χ3v) is 1.80. The van der Waals surface area contributed by atoms with Gasteiger partial charge < -0.3 is 4.74 Å². The minimum absolute atomic E-state index is 0.207. The van der Waals surface area contributed by atoms with Gasteiger partial charge in [-0.25, -0.2) is 4.79 Å². The minimum atomic E-state index is -0.797. The number of rotatable bonds is 1. The summed E-state index contributed by atoms with van der Waals surface area (Å²) in [6.45, 7) is 3.67. The van der Waals surface area contributed by atoms with E-state index in [4.69, 9.17) is 4.84 Å². The second-order valence-electron chi connectivity index (χ2n) is 3.05. The average Bonchev–Trinajstić information content (AvgIpc) is 2.31. The van der Waals surface area contributed by atoms with Crippen LogP contribution in [0.1, 0.15) is 20.3 Å². The van der Waals surface area contributed by atoms with Gasteiger partial charge in [-0.05, 0) is 13.8 Å². The summed E-state index contributed by atoms with van der Waals surface area (Å²) in [6, 6.07) is 0.207. The lowest BCUT2D eigenvalue weighted by Gasteiger charge is -2.17. The minimum Gasteiger partial charge on any atom is -0.467 e. The topological polar surface area (TPSA) is 47.6 Å². The molecule has 0 bridgehead atoms. The van der Waals surface area contributed by atoms with E-state index in [1.54, 1.807) is 6.92 Å². The number of hydroxylamine groups is 1. The summed E-state index contributed by atoms with van der Waals surface area (Å²) in [5, 5.41) is 0. The Bertz CT molecular complexity index is 171. The van der Waals surface area contributed by atoms with Gasteiger partial charge in [0.15, 0.2) is 5.60 Å². The van der Waals surface area contributed by atoms with Crippen LogP contribution < -0.4 is 5.48 Å². The Balaban J connectivity index is 2.61. The first-order valence-corrected chi connectivity index (χ1v) is 3.60. The highest BCUT2D eigenvalue weighted by Crippen LogP contribution is 2.23. The van der Waals surface area contributed by atoms with Crippen molar-refractivity contribution in [3.63, 3.8) is 0 Å². The quantitative estimate of drug-likeness (QED) is 0.556. The van der Waals surface area contributed by atoms with E-state index in [0.29, 0.717) is 6.42 Å². The van der Waals surface area contributed by atoms with Gasteiger partial charge in [0.2, 0.25) is 0 Å². The molecule has 4 nitrogen and oxygen atoms in total. The van der Waals surface area contributed by atoms with Crippen LogP contribution in [0.5, 0.6) is 0 Å². The Labute approximate surface area is 65.8 Å². The normalized spacial score (nSPS) is 37.2. The Morgan fingerprint density at radius 3 is 2.82 bits per heavy atom. The lowest BCUT2D eigenvalue weighted by molar-refractivity contribution is -0.167. The van der Waals surface area contributed by atoms with Gasteiger partial charge in [0, 0.05) is 12.5 Å². The zero-order valence-corrected chi connectivity index (χ0v) is 7.01. The molecule has 64 valence electrons. The van der Waals surface area contributed by atoms with E-state index in [1.807, 2.05) is 6.92 Å². The molecule has 0 amide bonds. The molecule has 11 heavy (non-hydrogen) atoms. The average molecular weight is 159 g/mol. The number of hydrogen-bond acceptors (Lipinski definition) is 4. The van der Waals surface area contributed by atoms with Crippen molar-refractivity contribution in [1.29, 1.82) is 0 Å². The van der Waals surface area contributed by atoms with E-state index in [-0.39, 0.29) is 12.0 Å². The van der Waals surface area contributed by atoms with Gasteiger partial charge in [-0.3, -0.25) is 4.84 Å². The van der Waals surface area contributed by atoms with Crippen molar-refractivity contribution in [2.75, 3.05) is 7.11 Å². The number of hydrogen-bond donors (Lipinski definition) is 1. The number of carbonyl (C=O) groups excluding carboxylic acids is 1. The molecule has 1 N–H and O–H groups in total. The molecule has 4 heteroatoms. The molecule has 2 atom stereocenters. The highest BCUT2D eigenvalue weighted by Gasteiger charge is 2.42. The van der Waals surface area contributed by atoms with Crippen molar-refractivity contribution in [2.45, 2.75) is 31.9 Å². The van der Waals surface area contributed by atoms with Crippen LogP contribution in [-0.4, -0.2) is 24.7 Å². The van der Waals surface area contributed by atoms with Crippen LogP contribution in [0.3, 0.4) is 0 Å². The number of carbonyl (C=O) groups is 1. The first-order valence-electron chi connectivity index (χ1n) is 3.60. The molecular weight excluding hydrogens is 146 g/mol. The highest BCUT2D eigenvalue weighted by molar-refractivity contribution is 5.79. The molecule has 0 saturated carbocycles. The molecular formula is C7H13NO3. The number of nitrogens with one attached hydrogen (secondary N) is 1. The molecule has 0 aliphatic carbocycles. The van der Waals surface area contributed by atoms with Gasteiger partial charge in [-0.2, -0.15) is 5.48 Å². The van der Waals surface area contributed by atoms with Gasteiger partial charge >= 0.3 is 5.97 Å². The molecule has 1 aliphatic heterocycles. The van der Waals surface area contributed by atoms with Crippen LogP contribution in [0.25, 0.3) is 0 Å². The van der Waals surface area contributed by atoms with Crippen molar-refractivity contribution in [3.8, 4) is 0 Å². The molecule has 0 aromatic heterocycles. The maximum atomic E-state index is 11.1. The standard InChI is InChI=1S/C7H13NO3/c1-5-4-7(2,11-8-5)6(9)10-3/h5,8H,4H2,1-3H3/t5-,7-/m1/s1. The van der Waals surface area contributed by atoms with Crippen LogP contribution in [0, 0.1) is 0 Å². The Hall–Kier alpha value is -0.610. The predicted molar refractivity (Wildman–Crippen MR) is 38.7 cm³/mol. The molecule has 1 aliphatic rings. The lowest BCUT2D eigenvalue weighted by Crippen LogP contribution is -2.36. The molecule has 1 saturated heterocycles. The van der Waals surface area contributed by atoms with Crippen molar-refractivity contribution in [2.24, 2.45) is 0 Å². The molecule has 1 rings (SSSR count). The molecule has 0 unspecified atom stereocenters. The third-order valence-electron chi connectivity index (χ3n) is 1.80. The maximum absolute atomic E-state index is 11.1. The molecule has 0 aromatic rings. The maximum Gasteiger partial charge on any atom is 0.340 e. The number of esters is 1. The smallest absolute Gasteiger partial charge is 0.340 e. The van der Waals surface area contributed by atoms with Crippen LogP contribution in [-0.2, 0) is 14.4 Å². The van der Waals surface area contributed by atoms with Crippen LogP contribution in [0.4, 0.5) is 0 Å². The fraction of sp³-hybridized carbons (Fsp3) is 0.857. The van der Waals surface area contributed by atoms with Gasteiger partial charge in [0.05, 0.1) is 7.11 Å². The number of ether oxygens (including phenoxy) is 1. The zero-order chi connectivity index (χ0) is 8.48. The molecule has 1 heterocycles. The van der Waals surface area contributed by atoms with E-state index in [0.717, 1.165) is 0 Å². The molecule has 1 fully saturated rings. The first-order chi connectivity index (χ1) is 5.08. The van der Waals surface area contributed by atoms with Gasteiger partial charge in [0.25, 0.3) is 0 Å². The molecule has 0 spiro atoms. The van der Waals surface area contributed by atoms with E-state index >= 15 is 0 Å². The van der Waals surface area contributed by atoms with E-state index < -0.39 is 5.60 Å². The summed E-state index contributed by atoms with van der Waals surface area (Å²) in [6.07, 6.45) is 0.652. The Kier molecular flexibility index (Phi) is 2.15. The van der Waals surface area contributed by atoms with Crippen molar-refractivity contribution in [1.82, 2.24) is 5.48 Å². The molecule has 0 radical (unpaired) electrons. The van der Waals surface area contributed by atoms with Gasteiger partial charge in [-0.15, -0.1) is 0 Å². The first kappa shape index (κ1) is 8.49. The summed E-state index contributed by atoms with van der Waals surface area (Å²) in [5.41, 5.74) is 1.93. The lowest BCUT2D eigenvalue weighted by atomic mass is 10.0. The second-order valence-corrected chi connectivity index (χ2v) is 3.05. The van der Waals surface area contributed by atoms with Gasteiger partial charge in [-0.1, -0.05) is 0 Å². The monoisotopic (exact) mass is 159 g/mol. The largest absolute Gasteiger partial charge is 0.467 e. The van der Waals surface area contributed by atoms with Crippen molar-refractivity contribution >= 4 is 5.97 Å². The van der Waals surface area contributed by atoms with Crippen molar-refractivity contribution < 1.29 is 14.4 Å². The summed E-state index contributed by atoms with van der Waals surface area (Å²) in [7, 11) is 1.36. The summed E-state index contributed by atoms with van der Waals surface area (Å²) < 4.78 is 4.58. The van der Waals surface area contributed by atoms with Gasteiger partial charge in [0.1, 0.15) is 0 Å². The SMILES string of the molecule is COC(=O)[C@@]1(C)C[C@@H](C)NO1. The Morgan fingerprint density at radius 1 is 1.82 bits per heavy atom.